The Hall–Kier alpha value is -1.89. The first-order chi connectivity index (χ1) is 6.54. The Morgan fingerprint density at radius 2 is 2.29 bits per heavy atom. The number of carbonyl (C=O) groups is 1. The molecule has 1 rings (SSSR count). The third-order valence-electron chi connectivity index (χ3n) is 1.75. The highest BCUT2D eigenvalue weighted by molar-refractivity contribution is 5.70. The highest BCUT2D eigenvalue weighted by Crippen LogP contribution is 2.15. The van der Waals surface area contributed by atoms with Gasteiger partial charge in [-0.1, -0.05) is 6.07 Å². The summed E-state index contributed by atoms with van der Waals surface area (Å²) in [6, 6.07) is 4.51. The molecule has 1 N–H and O–H groups in total. The molecule has 0 fully saturated rings. The van der Waals surface area contributed by atoms with Gasteiger partial charge in [-0.2, -0.15) is 5.26 Å². The summed E-state index contributed by atoms with van der Waals surface area (Å²) in [7, 11) is 0. The predicted octanol–water partition coefficient (Wildman–Crippen LogP) is 1.63. The number of nitrogens with zero attached hydrogens (tertiary/aromatic N) is 1. The standard InChI is InChI=1S/C10H8FNO2/c1-6-2-7(4-9(13)14)10(11)8(3-6)5-12/h2-3H,4H2,1H3,(H,13,14). The fourth-order valence-electron chi connectivity index (χ4n) is 1.22. The Balaban J connectivity index is 3.23. The van der Waals surface area contributed by atoms with Crippen molar-refractivity contribution in [1.29, 1.82) is 5.26 Å². The largest absolute Gasteiger partial charge is 0.481 e. The highest BCUT2D eigenvalue weighted by atomic mass is 19.1. The van der Waals surface area contributed by atoms with Crippen LogP contribution in [0.4, 0.5) is 4.39 Å². The van der Waals surface area contributed by atoms with Gasteiger partial charge in [0.05, 0.1) is 12.0 Å². The molecule has 4 heteroatoms. The zero-order valence-electron chi connectivity index (χ0n) is 7.54. The van der Waals surface area contributed by atoms with E-state index in [1.54, 1.807) is 13.0 Å². The molecule has 0 saturated heterocycles. The van der Waals surface area contributed by atoms with E-state index in [2.05, 4.69) is 0 Å². The minimum Gasteiger partial charge on any atom is -0.481 e. The van der Waals surface area contributed by atoms with Crippen LogP contribution in [-0.2, 0) is 11.2 Å². The Morgan fingerprint density at radius 1 is 1.64 bits per heavy atom. The molecule has 3 nitrogen and oxygen atoms in total. The molecule has 0 spiro atoms. The number of hydrogen-bond acceptors (Lipinski definition) is 2. The number of halogens is 1. The molecule has 0 radical (unpaired) electrons. The second-order valence-corrected chi connectivity index (χ2v) is 2.97. The molecule has 0 aliphatic rings. The van der Waals surface area contributed by atoms with Crippen molar-refractivity contribution in [2.45, 2.75) is 13.3 Å². The molecule has 0 aliphatic carbocycles. The number of aliphatic carboxylic acids is 1. The van der Waals surface area contributed by atoms with Gasteiger partial charge in [0, 0.05) is 5.56 Å². The first kappa shape index (κ1) is 10.2. The fraction of sp³-hybridized carbons (Fsp3) is 0.200. The van der Waals surface area contributed by atoms with Gasteiger partial charge in [-0.15, -0.1) is 0 Å². The summed E-state index contributed by atoms with van der Waals surface area (Å²) in [5, 5.41) is 17.1. The van der Waals surface area contributed by atoms with Gasteiger partial charge in [-0.25, -0.2) is 4.39 Å². The van der Waals surface area contributed by atoms with Gasteiger partial charge in [0.25, 0.3) is 0 Å². The van der Waals surface area contributed by atoms with E-state index in [-0.39, 0.29) is 11.1 Å². The molecular weight excluding hydrogens is 185 g/mol. The van der Waals surface area contributed by atoms with Crippen LogP contribution in [0.5, 0.6) is 0 Å². The van der Waals surface area contributed by atoms with Gasteiger partial charge in [0.2, 0.25) is 0 Å². The molecule has 1 aromatic rings. The van der Waals surface area contributed by atoms with Crippen molar-refractivity contribution >= 4 is 5.97 Å². The van der Waals surface area contributed by atoms with E-state index in [9.17, 15) is 9.18 Å². The van der Waals surface area contributed by atoms with Crippen LogP contribution >= 0.6 is 0 Å². The molecule has 14 heavy (non-hydrogen) atoms. The average Bonchev–Trinajstić information content (AvgIpc) is 2.09. The van der Waals surface area contributed by atoms with Crippen molar-refractivity contribution in [3.63, 3.8) is 0 Å². The maximum Gasteiger partial charge on any atom is 0.307 e. The van der Waals surface area contributed by atoms with Crippen molar-refractivity contribution in [3.8, 4) is 6.07 Å². The molecule has 0 bridgehead atoms. The summed E-state index contributed by atoms with van der Waals surface area (Å²) in [5.41, 5.74) is 0.620. The van der Waals surface area contributed by atoms with E-state index in [0.717, 1.165) is 0 Å². The van der Waals surface area contributed by atoms with Gasteiger partial charge in [0.1, 0.15) is 11.9 Å². The molecule has 0 aromatic heterocycles. The van der Waals surface area contributed by atoms with E-state index in [0.29, 0.717) is 5.56 Å². The second-order valence-electron chi connectivity index (χ2n) is 2.97. The molecule has 0 amide bonds. The Morgan fingerprint density at radius 3 is 2.79 bits per heavy atom. The summed E-state index contributed by atoms with van der Waals surface area (Å²) in [6.07, 6.45) is -0.401. The van der Waals surface area contributed by atoms with Crippen LogP contribution in [0.1, 0.15) is 16.7 Å². The topological polar surface area (TPSA) is 61.1 Å². The zero-order valence-corrected chi connectivity index (χ0v) is 7.54. The van der Waals surface area contributed by atoms with E-state index >= 15 is 0 Å². The van der Waals surface area contributed by atoms with Gasteiger partial charge >= 0.3 is 5.97 Å². The highest BCUT2D eigenvalue weighted by Gasteiger charge is 2.11. The molecule has 0 atom stereocenters. The van der Waals surface area contributed by atoms with E-state index in [1.807, 2.05) is 0 Å². The minimum absolute atomic E-state index is 0.0500. The molecule has 72 valence electrons. The normalized spacial score (nSPS) is 9.50. The molecule has 0 saturated carbocycles. The summed E-state index contributed by atoms with van der Waals surface area (Å²) < 4.78 is 13.3. The van der Waals surface area contributed by atoms with Crippen LogP contribution in [0, 0.1) is 24.1 Å². The van der Waals surface area contributed by atoms with Gasteiger partial charge in [-0.3, -0.25) is 4.79 Å². The Kier molecular flexibility index (Phi) is 2.82. The number of carboxylic acid groups (broad SMARTS) is 1. The second kappa shape index (κ2) is 3.88. The number of nitriles is 1. The summed E-state index contributed by atoms with van der Waals surface area (Å²) >= 11 is 0. The SMILES string of the molecule is Cc1cc(C#N)c(F)c(CC(=O)O)c1. The number of hydrogen-bond donors (Lipinski definition) is 1. The lowest BCUT2D eigenvalue weighted by molar-refractivity contribution is -0.136. The predicted molar refractivity (Wildman–Crippen MR) is 47.2 cm³/mol. The Labute approximate surface area is 80.4 Å². The molecule has 0 unspecified atom stereocenters. The minimum atomic E-state index is -1.11. The number of carboxylic acids is 1. The first-order valence-electron chi connectivity index (χ1n) is 3.95. The maximum atomic E-state index is 13.3. The van der Waals surface area contributed by atoms with Crippen molar-refractivity contribution in [2.24, 2.45) is 0 Å². The Bertz CT molecular complexity index is 421. The van der Waals surface area contributed by atoms with Crippen LogP contribution in [-0.4, -0.2) is 11.1 Å². The first-order valence-corrected chi connectivity index (χ1v) is 3.95. The number of aryl methyl sites for hydroxylation is 1. The molecular formula is C10H8FNO2. The van der Waals surface area contributed by atoms with Gasteiger partial charge < -0.3 is 5.11 Å². The zero-order chi connectivity index (χ0) is 10.7. The van der Waals surface area contributed by atoms with Gasteiger partial charge in [-0.05, 0) is 18.6 Å². The lowest BCUT2D eigenvalue weighted by Gasteiger charge is -2.03. The summed E-state index contributed by atoms with van der Waals surface area (Å²) in [6.45, 7) is 1.69. The quantitative estimate of drug-likeness (QED) is 0.776. The van der Waals surface area contributed by atoms with E-state index in [1.165, 1.54) is 12.1 Å². The smallest absolute Gasteiger partial charge is 0.307 e. The van der Waals surface area contributed by atoms with Crippen molar-refractivity contribution in [1.82, 2.24) is 0 Å². The fourth-order valence-corrected chi connectivity index (χ4v) is 1.22. The van der Waals surface area contributed by atoms with Crippen molar-refractivity contribution in [3.05, 3.63) is 34.6 Å². The van der Waals surface area contributed by atoms with E-state index < -0.39 is 18.2 Å². The van der Waals surface area contributed by atoms with Crippen LogP contribution in [0.3, 0.4) is 0 Å². The molecule has 0 aliphatic heterocycles. The van der Waals surface area contributed by atoms with Crippen LogP contribution in [0.2, 0.25) is 0 Å². The lowest BCUT2D eigenvalue weighted by atomic mass is 10.0. The molecule has 1 aromatic carbocycles. The van der Waals surface area contributed by atoms with Crippen LogP contribution in [0.15, 0.2) is 12.1 Å². The number of benzene rings is 1. The van der Waals surface area contributed by atoms with Crippen molar-refractivity contribution in [2.75, 3.05) is 0 Å². The molecule has 0 heterocycles. The summed E-state index contributed by atoms with van der Waals surface area (Å²) in [5.74, 6) is -1.85. The maximum absolute atomic E-state index is 13.3. The average molecular weight is 193 g/mol. The van der Waals surface area contributed by atoms with Crippen LogP contribution in [0.25, 0.3) is 0 Å². The summed E-state index contributed by atoms with van der Waals surface area (Å²) in [4.78, 5) is 10.4. The third-order valence-corrected chi connectivity index (χ3v) is 1.75. The number of rotatable bonds is 2. The lowest BCUT2D eigenvalue weighted by Crippen LogP contribution is -2.04. The van der Waals surface area contributed by atoms with E-state index in [4.69, 9.17) is 10.4 Å². The monoisotopic (exact) mass is 193 g/mol. The van der Waals surface area contributed by atoms with Gasteiger partial charge in [0.15, 0.2) is 0 Å². The third kappa shape index (κ3) is 2.07. The van der Waals surface area contributed by atoms with Crippen LogP contribution < -0.4 is 0 Å². The van der Waals surface area contributed by atoms with Crippen molar-refractivity contribution < 1.29 is 14.3 Å².